The number of piperidine rings is 1. The van der Waals surface area contributed by atoms with E-state index in [0.717, 1.165) is 25.8 Å². The van der Waals surface area contributed by atoms with Gasteiger partial charge in [-0.1, -0.05) is 0 Å². The number of ether oxygens (including phenoxy) is 1. The number of carbonyl (C=O) groups is 2. The fourth-order valence-electron chi connectivity index (χ4n) is 2.59. The van der Waals surface area contributed by atoms with E-state index in [1.807, 2.05) is 0 Å². The normalized spacial score (nSPS) is 23.6. The van der Waals surface area contributed by atoms with Crippen LogP contribution < -0.4 is 5.32 Å². The highest BCUT2D eigenvalue weighted by molar-refractivity contribution is 5.85. The zero-order valence-electron chi connectivity index (χ0n) is 9.62. The lowest BCUT2D eigenvalue weighted by Gasteiger charge is -2.37. The zero-order chi connectivity index (χ0) is 11.6. The molecule has 5 heteroatoms. The number of nitrogens with zero attached hydrogens (tertiary/aromatic N) is 1. The first-order valence-electron chi connectivity index (χ1n) is 5.73. The van der Waals surface area contributed by atoms with Gasteiger partial charge in [-0.15, -0.1) is 0 Å². The summed E-state index contributed by atoms with van der Waals surface area (Å²) in [5.74, 6) is 0.196. The minimum Gasteiger partial charge on any atom is -0.375 e. The van der Waals surface area contributed by atoms with Crippen molar-refractivity contribution in [2.75, 3.05) is 33.4 Å². The second-order valence-electron chi connectivity index (χ2n) is 4.60. The SMILES string of the molecule is COCC(=O)N1CCC2(CCNC2=O)CC1. The Morgan fingerprint density at radius 3 is 2.62 bits per heavy atom. The summed E-state index contributed by atoms with van der Waals surface area (Å²) in [4.78, 5) is 25.1. The van der Waals surface area contributed by atoms with E-state index < -0.39 is 0 Å². The van der Waals surface area contributed by atoms with Gasteiger partial charge in [-0.3, -0.25) is 9.59 Å². The Morgan fingerprint density at radius 2 is 2.12 bits per heavy atom. The average Bonchev–Trinajstić information content (AvgIpc) is 2.62. The molecule has 2 saturated heterocycles. The van der Waals surface area contributed by atoms with E-state index in [0.29, 0.717) is 13.1 Å². The minimum atomic E-state index is -0.191. The third kappa shape index (κ3) is 1.91. The van der Waals surface area contributed by atoms with Gasteiger partial charge in [0.1, 0.15) is 6.61 Å². The summed E-state index contributed by atoms with van der Waals surface area (Å²) < 4.78 is 4.82. The summed E-state index contributed by atoms with van der Waals surface area (Å²) in [6.45, 7) is 2.27. The van der Waals surface area contributed by atoms with E-state index >= 15 is 0 Å². The van der Waals surface area contributed by atoms with Crippen molar-refractivity contribution in [1.82, 2.24) is 10.2 Å². The van der Waals surface area contributed by atoms with Gasteiger partial charge in [-0.05, 0) is 19.3 Å². The molecule has 2 aliphatic rings. The molecule has 0 atom stereocenters. The summed E-state index contributed by atoms with van der Waals surface area (Å²) in [6.07, 6.45) is 2.49. The van der Waals surface area contributed by atoms with Gasteiger partial charge >= 0.3 is 0 Å². The van der Waals surface area contributed by atoms with E-state index in [4.69, 9.17) is 4.74 Å². The van der Waals surface area contributed by atoms with Crippen LogP contribution in [-0.4, -0.2) is 50.1 Å². The van der Waals surface area contributed by atoms with Gasteiger partial charge in [-0.25, -0.2) is 0 Å². The number of hydrogen-bond acceptors (Lipinski definition) is 3. The number of likely N-dealkylation sites (tertiary alicyclic amines) is 1. The van der Waals surface area contributed by atoms with Crippen LogP contribution in [0, 0.1) is 5.41 Å². The van der Waals surface area contributed by atoms with Crippen LogP contribution in [0.3, 0.4) is 0 Å². The zero-order valence-corrected chi connectivity index (χ0v) is 9.62. The van der Waals surface area contributed by atoms with Gasteiger partial charge in [0.25, 0.3) is 0 Å². The summed E-state index contributed by atoms with van der Waals surface area (Å²) in [5, 5.41) is 2.88. The monoisotopic (exact) mass is 226 g/mol. The number of rotatable bonds is 2. The molecule has 1 spiro atoms. The maximum Gasteiger partial charge on any atom is 0.248 e. The first kappa shape index (κ1) is 11.4. The van der Waals surface area contributed by atoms with Crippen LogP contribution in [-0.2, 0) is 14.3 Å². The van der Waals surface area contributed by atoms with Crippen molar-refractivity contribution < 1.29 is 14.3 Å². The van der Waals surface area contributed by atoms with Crippen molar-refractivity contribution in [3.8, 4) is 0 Å². The second-order valence-corrected chi connectivity index (χ2v) is 4.60. The maximum absolute atomic E-state index is 11.7. The Labute approximate surface area is 95.1 Å². The van der Waals surface area contributed by atoms with Gasteiger partial charge in [0, 0.05) is 26.7 Å². The molecule has 2 heterocycles. The fourth-order valence-corrected chi connectivity index (χ4v) is 2.59. The molecule has 16 heavy (non-hydrogen) atoms. The number of hydrogen-bond donors (Lipinski definition) is 1. The van der Waals surface area contributed by atoms with Crippen molar-refractivity contribution in [3.05, 3.63) is 0 Å². The van der Waals surface area contributed by atoms with Crippen LogP contribution in [0.25, 0.3) is 0 Å². The molecule has 0 aliphatic carbocycles. The Kier molecular flexibility index (Phi) is 3.14. The first-order chi connectivity index (χ1) is 7.68. The lowest BCUT2D eigenvalue weighted by atomic mass is 9.77. The quantitative estimate of drug-likeness (QED) is 0.707. The second kappa shape index (κ2) is 4.41. The Bertz CT molecular complexity index is 296. The molecule has 2 aliphatic heterocycles. The van der Waals surface area contributed by atoms with Gasteiger partial charge in [0.15, 0.2) is 0 Å². The smallest absolute Gasteiger partial charge is 0.248 e. The molecule has 90 valence electrons. The van der Waals surface area contributed by atoms with Crippen molar-refractivity contribution in [3.63, 3.8) is 0 Å². The van der Waals surface area contributed by atoms with Gasteiger partial charge in [0.05, 0.1) is 5.41 Å². The van der Waals surface area contributed by atoms with Crippen LogP contribution in [0.5, 0.6) is 0 Å². The fraction of sp³-hybridized carbons (Fsp3) is 0.818. The van der Waals surface area contributed by atoms with Gasteiger partial charge in [0.2, 0.25) is 11.8 Å². The van der Waals surface area contributed by atoms with Crippen LogP contribution in [0.15, 0.2) is 0 Å². The number of amides is 2. The van der Waals surface area contributed by atoms with Crippen molar-refractivity contribution in [1.29, 1.82) is 0 Å². The number of carbonyl (C=O) groups excluding carboxylic acids is 2. The van der Waals surface area contributed by atoms with Crippen molar-refractivity contribution >= 4 is 11.8 Å². The highest BCUT2D eigenvalue weighted by atomic mass is 16.5. The largest absolute Gasteiger partial charge is 0.375 e. The molecule has 2 rings (SSSR count). The highest BCUT2D eigenvalue weighted by Gasteiger charge is 2.44. The van der Waals surface area contributed by atoms with E-state index in [9.17, 15) is 9.59 Å². The standard InChI is InChI=1S/C11H18N2O3/c1-16-8-9(14)13-6-3-11(4-7-13)2-5-12-10(11)15/h2-8H2,1H3,(H,12,15). The van der Waals surface area contributed by atoms with E-state index in [2.05, 4.69) is 5.32 Å². The van der Waals surface area contributed by atoms with E-state index in [1.165, 1.54) is 7.11 Å². The highest BCUT2D eigenvalue weighted by Crippen LogP contribution is 2.37. The van der Waals surface area contributed by atoms with E-state index in [1.54, 1.807) is 4.90 Å². The predicted molar refractivity (Wildman–Crippen MR) is 57.7 cm³/mol. The number of nitrogens with one attached hydrogen (secondary N) is 1. The summed E-state index contributed by atoms with van der Waals surface area (Å²) in [7, 11) is 1.52. The molecule has 2 fully saturated rings. The van der Waals surface area contributed by atoms with Crippen molar-refractivity contribution in [2.24, 2.45) is 5.41 Å². The minimum absolute atomic E-state index is 0.0238. The molecule has 5 nitrogen and oxygen atoms in total. The molecule has 0 aromatic heterocycles. The average molecular weight is 226 g/mol. The maximum atomic E-state index is 11.7. The molecule has 0 aromatic carbocycles. The molecule has 0 saturated carbocycles. The summed E-state index contributed by atoms with van der Waals surface area (Å²) in [6, 6.07) is 0. The van der Waals surface area contributed by atoms with Gasteiger partial charge < -0.3 is 15.0 Å². The molecular formula is C11H18N2O3. The predicted octanol–water partition coefficient (Wildman–Crippen LogP) is -0.238. The first-order valence-corrected chi connectivity index (χ1v) is 5.73. The van der Waals surface area contributed by atoms with Gasteiger partial charge in [-0.2, -0.15) is 0 Å². The number of methoxy groups -OCH3 is 1. The Hall–Kier alpha value is -1.10. The lowest BCUT2D eigenvalue weighted by Crippen LogP contribution is -2.47. The molecule has 0 unspecified atom stereocenters. The Balaban J connectivity index is 1.91. The molecule has 0 radical (unpaired) electrons. The Morgan fingerprint density at radius 1 is 1.44 bits per heavy atom. The van der Waals surface area contributed by atoms with Crippen LogP contribution in [0.4, 0.5) is 0 Å². The molecule has 2 amide bonds. The van der Waals surface area contributed by atoms with Crippen LogP contribution in [0.2, 0.25) is 0 Å². The van der Waals surface area contributed by atoms with Crippen LogP contribution >= 0.6 is 0 Å². The summed E-state index contributed by atoms with van der Waals surface area (Å²) in [5.41, 5.74) is -0.191. The lowest BCUT2D eigenvalue weighted by molar-refractivity contribution is -0.141. The molecule has 1 N–H and O–H groups in total. The molecule has 0 bridgehead atoms. The topological polar surface area (TPSA) is 58.6 Å². The third-order valence-electron chi connectivity index (χ3n) is 3.71. The van der Waals surface area contributed by atoms with Crippen LogP contribution in [0.1, 0.15) is 19.3 Å². The summed E-state index contributed by atoms with van der Waals surface area (Å²) >= 11 is 0. The van der Waals surface area contributed by atoms with Crippen molar-refractivity contribution in [2.45, 2.75) is 19.3 Å². The molecular weight excluding hydrogens is 208 g/mol. The van der Waals surface area contributed by atoms with E-state index in [-0.39, 0.29) is 23.8 Å². The third-order valence-corrected chi connectivity index (χ3v) is 3.71. The molecule has 0 aromatic rings.